The fourth-order valence-corrected chi connectivity index (χ4v) is 6.72. The van der Waals surface area contributed by atoms with Crippen LogP contribution >= 0.6 is 0 Å². The maximum absolute atomic E-state index is 5.26. The summed E-state index contributed by atoms with van der Waals surface area (Å²) in [5.41, 5.74) is 0. The molecule has 0 N–H and O–H groups in total. The highest BCUT2D eigenvalue weighted by atomic mass is 28.2. The quantitative estimate of drug-likeness (QED) is 0.218. The van der Waals surface area contributed by atoms with Crippen LogP contribution in [0.3, 0.4) is 0 Å². The average Bonchev–Trinajstić information content (AvgIpc) is 3.09. The molecule has 0 spiro atoms. The van der Waals surface area contributed by atoms with Crippen LogP contribution in [0, 0.1) is 0 Å². The van der Waals surface area contributed by atoms with Gasteiger partial charge in [-0.05, 0) is 38.0 Å². The molecule has 0 aliphatic carbocycles. The predicted octanol–water partition coefficient (Wildman–Crippen LogP) is 0.590. The Morgan fingerprint density at radius 2 is 1.12 bits per heavy atom. The molecule has 0 amide bonds. The van der Waals surface area contributed by atoms with E-state index in [9.17, 15) is 0 Å². The Labute approximate surface area is 159 Å². The van der Waals surface area contributed by atoms with E-state index in [1.165, 1.54) is 57.8 Å². The standard InChI is InChI=1S/C17H40N2O4Si2/c1-20-16(21-2)13-24-11-5-7-18-9-10-19(15-18)8-6-12-25-14-17(22-3)23-4/h16-17H,5-15,24-25H2,1-4H3. The number of methoxy groups -OCH3 is 4. The topological polar surface area (TPSA) is 43.4 Å². The summed E-state index contributed by atoms with van der Waals surface area (Å²) in [6.45, 7) is 6.17. The fraction of sp³-hybridized carbons (Fsp3) is 1.00. The van der Waals surface area contributed by atoms with Crippen LogP contribution < -0.4 is 0 Å². The fourth-order valence-electron chi connectivity index (χ4n) is 3.38. The van der Waals surface area contributed by atoms with Crippen molar-refractivity contribution in [1.82, 2.24) is 9.80 Å². The van der Waals surface area contributed by atoms with E-state index in [1.807, 2.05) is 0 Å². The summed E-state index contributed by atoms with van der Waals surface area (Å²) in [4.78, 5) is 5.23. The molecule has 1 aliphatic heterocycles. The van der Waals surface area contributed by atoms with Gasteiger partial charge in [-0.3, -0.25) is 9.80 Å². The van der Waals surface area contributed by atoms with Crippen LogP contribution in [0.5, 0.6) is 0 Å². The van der Waals surface area contributed by atoms with Crippen molar-refractivity contribution in [2.45, 2.75) is 49.6 Å². The minimum Gasteiger partial charge on any atom is -0.356 e. The number of nitrogens with zero attached hydrogens (tertiary/aromatic N) is 2. The van der Waals surface area contributed by atoms with E-state index >= 15 is 0 Å². The molecule has 1 fully saturated rings. The smallest absolute Gasteiger partial charge is 0.153 e. The van der Waals surface area contributed by atoms with E-state index in [4.69, 9.17) is 18.9 Å². The van der Waals surface area contributed by atoms with E-state index in [0.717, 1.165) is 12.1 Å². The molecule has 1 aliphatic rings. The van der Waals surface area contributed by atoms with Crippen molar-refractivity contribution in [2.24, 2.45) is 0 Å². The van der Waals surface area contributed by atoms with Gasteiger partial charge >= 0.3 is 0 Å². The zero-order chi connectivity index (χ0) is 18.3. The number of rotatable bonds is 16. The third kappa shape index (κ3) is 10.8. The van der Waals surface area contributed by atoms with Crippen molar-refractivity contribution in [3.63, 3.8) is 0 Å². The van der Waals surface area contributed by atoms with Gasteiger partial charge in [-0.2, -0.15) is 0 Å². The van der Waals surface area contributed by atoms with Crippen LogP contribution in [0.15, 0.2) is 0 Å². The van der Waals surface area contributed by atoms with Crippen LogP contribution in [0.4, 0.5) is 0 Å². The summed E-state index contributed by atoms with van der Waals surface area (Å²) in [5, 5.41) is 0. The summed E-state index contributed by atoms with van der Waals surface area (Å²) >= 11 is 0. The second kappa shape index (κ2) is 15.3. The van der Waals surface area contributed by atoms with E-state index in [2.05, 4.69) is 9.80 Å². The summed E-state index contributed by atoms with van der Waals surface area (Å²) in [6.07, 6.45) is 2.73. The highest BCUT2D eigenvalue weighted by Gasteiger charge is 2.18. The normalized spacial score (nSPS) is 17.5. The van der Waals surface area contributed by atoms with Gasteiger partial charge in [0, 0.05) is 60.6 Å². The zero-order valence-corrected chi connectivity index (χ0v) is 19.7. The molecule has 6 nitrogen and oxygen atoms in total. The first kappa shape index (κ1) is 23.2. The average molecular weight is 393 g/mol. The van der Waals surface area contributed by atoms with Crippen molar-refractivity contribution < 1.29 is 18.9 Å². The molecule has 0 saturated carbocycles. The van der Waals surface area contributed by atoms with Gasteiger partial charge in [-0.1, -0.05) is 12.1 Å². The van der Waals surface area contributed by atoms with Crippen LogP contribution in [0.25, 0.3) is 0 Å². The zero-order valence-electron chi connectivity index (χ0n) is 16.9. The van der Waals surface area contributed by atoms with Gasteiger partial charge in [0.2, 0.25) is 0 Å². The molecule has 0 aromatic rings. The molecule has 150 valence electrons. The summed E-state index contributed by atoms with van der Waals surface area (Å²) in [6, 6.07) is 5.06. The van der Waals surface area contributed by atoms with Gasteiger partial charge in [-0.25, -0.2) is 0 Å². The van der Waals surface area contributed by atoms with Crippen LogP contribution in [0.2, 0.25) is 24.2 Å². The monoisotopic (exact) mass is 392 g/mol. The minimum absolute atomic E-state index is 0.0283. The van der Waals surface area contributed by atoms with Crippen LogP contribution in [0.1, 0.15) is 12.8 Å². The van der Waals surface area contributed by atoms with Crippen molar-refractivity contribution in [3.05, 3.63) is 0 Å². The molecule has 1 heterocycles. The van der Waals surface area contributed by atoms with Crippen LogP contribution in [-0.2, 0) is 18.9 Å². The Kier molecular flexibility index (Phi) is 14.2. The Morgan fingerprint density at radius 3 is 1.48 bits per heavy atom. The first-order valence-electron chi connectivity index (χ1n) is 9.79. The molecule has 0 atom stereocenters. The van der Waals surface area contributed by atoms with Crippen molar-refractivity contribution >= 4 is 19.0 Å². The molecule has 0 aromatic heterocycles. The molecular weight excluding hydrogens is 352 g/mol. The van der Waals surface area contributed by atoms with Gasteiger partial charge in [-0.15, -0.1) is 0 Å². The van der Waals surface area contributed by atoms with Gasteiger partial charge in [0.15, 0.2) is 12.6 Å². The maximum Gasteiger partial charge on any atom is 0.153 e. The molecule has 1 rings (SSSR count). The Hall–Kier alpha value is 0.194. The molecule has 0 unspecified atom stereocenters. The molecule has 0 bridgehead atoms. The van der Waals surface area contributed by atoms with Crippen molar-refractivity contribution in [1.29, 1.82) is 0 Å². The summed E-state index contributed by atoms with van der Waals surface area (Å²) < 4.78 is 21.0. The van der Waals surface area contributed by atoms with Gasteiger partial charge in [0.25, 0.3) is 0 Å². The van der Waals surface area contributed by atoms with E-state index in [-0.39, 0.29) is 31.6 Å². The molecule has 1 saturated heterocycles. The summed E-state index contributed by atoms with van der Waals surface area (Å²) in [5.74, 6) is 0. The second-order valence-corrected chi connectivity index (χ2v) is 10.9. The van der Waals surface area contributed by atoms with Crippen molar-refractivity contribution in [3.8, 4) is 0 Å². The molecule has 8 heteroatoms. The third-order valence-electron chi connectivity index (χ3n) is 5.01. The third-order valence-corrected chi connectivity index (χ3v) is 8.77. The van der Waals surface area contributed by atoms with E-state index < -0.39 is 0 Å². The number of hydrogen-bond acceptors (Lipinski definition) is 6. The molecule has 25 heavy (non-hydrogen) atoms. The van der Waals surface area contributed by atoms with Gasteiger partial charge in [0.05, 0.1) is 6.67 Å². The van der Waals surface area contributed by atoms with E-state index in [0.29, 0.717) is 0 Å². The highest BCUT2D eigenvalue weighted by Crippen LogP contribution is 2.09. The second-order valence-electron chi connectivity index (χ2n) is 6.88. The first-order valence-corrected chi connectivity index (χ1v) is 13.8. The Morgan fingerprint density at radius 1 is 0.720 bits per heavy atom. The molecule has 0 radical (unpaired) electrons. The lowest BCUT2D eigenvalue weighted by Gasteiger charge is -2.18. The van der Waals surface area contributed by atoms with Crippen molar-refractivity contribution in [2.75, 3.05) is 61.3 Å². The predicted molar refractivity (Wildman–Crippen MR) is 109 cm³/mol. The maximum atomic E-state index is 5.26. The van der Waals surface area contributed by atoms with Gasteiger partial charge in [0.1, 0.15) is 0 Å². The Bertz CT molecular complexity index is 280. The molecular formula is C17H40N2O4Si2. The number of ether oxygens (including phenoxy) is 4. The largest absolute Gasteiger partial charge is 0.356 e. The first-order chi connectivity index (χ1) is 12.2. The Balaban J connectivity index is 1.95. The minimum atomic E-state index is -0.0456. The number of hydrogen-bond donors (Lipinski definition) is 0. The SMILES string of the molecule is COC(C[SiH2]CCCN1CCN(CCC[SiH2]CC(OC)OC)C1)OC. The van der Waals surface area contributed by atoms with Gasteiger partial charge < -0.3 is 18.9 Å². The van der Waals surface area contributed by atoms with E-state index in [1.54, 1.807) is 28.4 Å². The lowest BCUT2D eigenvalue weighted by atomic mass is 10.4. The summed E-state index contributed by atoms with van der Waals surface area (Å²) in [7, 11) is 6.84. The lowest BCUT2D eigenvalue weighted by Crippen LogP contribution is -2.27. The molecule has 0 aromatic carbocycles. The van der Waals surface area contributed by atoms with Crippen LogP contribution in [-0.4, -0.2) is 103 Å². The highest BCUT2D eigenvalue weighted by molar-refractivity contribution is 6.35. The lowest BCUT2D eigenvalue weighted by molar-refractivity contribution is -0.0878.